The number of halogens is 1. The molecule has 0 aromatic heterocycles. The lowest BCUT2D eigenvalue weighted by Gasteiger charge is -2.35. The lowest BCUT2D eigenvalue weighted by atomic mass is 10.1. The van der Waals surface area contributed by atoms with Crippen molar-refractivity contribution < 1.29 is 19.1 Å². The third kappa shape index (κ3) is 4.67. The van der Waals surface area contributed by atoms with Gasteiger partial charge in [0.05, 0.1) is 12.3 Å². The van der Waals surface area contributed by atoms with Crippen LogP contribution >= 0.6 is 15.9 Å². The van der Waals surface area contributed by atoms with Crippen LogP contribution in [0.15, 0.2) is 22.7 Å². The van der Waals surface area contributed by atoms with Crippen molar-refractivity contribution in [2.45, 2.75) is 25.8 Å². The number of carbonyl (C=O) groups is 2. The Bertz CT molecular complexity index is 670. The molecule has 1 aromatic rings. The Hall–Kier alpha value is -1.80. The van der Waals surface area contributed by atoms with Crippen molar-refractivity contribution in [2.24, 2.45) is 0 Å². The molecule has 0 radical (unpaired) electrons. The molecule has 2 heterocycles. The van der Waals surface area contributed by atoms with Crippen LogP contribution in [0.25, 0.3) is 0 Å². The quantitative estimate of drug-likeness (QED) is 0.783. The predicted molar refractivity (Wildman–Crippen MR) is 102 cm³/mol. The van der Waals surface area contributed by atoms with Crippen LogP contribution in [-0.2, 0) is 9.53 Å². The summed E-state index contributed by atoms with van der Waals surface area (Å²) in [6.45, 7) is 5.31. The van der Waals surface area contributed by atoms with Crippen molar-refractivity contribution in [1.82, 2.24) is 10.2 Å². The molecule has 0 aliphatic carbocycles. The Balaban J connectivity index is 1.58. The third-order valence-corrected chi connectivity index (χ3v) is 5.10. The molecule has 1 unspecified atom stereocenters. The Kier molecular flexibility index (Phi) is 6.37. The largest absolute Gasteiger partial charge is 0.482 e. The number of carbonyl (C=O) groups excluding carboxylic acids is 2. The van der Waals surface area contributed by atoms with Crippen LogP contribution in [0.1, 0.15) is 19.8 Å². The minimum Gasteiger partial charge on any atom is -0.482 e. The molecule has 2 aliphatic rings. The van der Waals surface area contributed by atoms with Crippen molar-refractivity contribution in [3.8, 4) is 5.75 Å². The van der Waals surface area contributed by atoms with Gasteiger partial charge in [-0.25, -0.2) is 4.79 Å². The number of nitrogens with zero attached hydrogens (tertiary/aromatic N) is 2. The second-order valence-electron chi connectivity index (χ2n) is 6.45. The van der Waals surface area contributed by atoms with E-state index in [1.807, 2.05) is 18.2 Å². The summed E-state index contributed by atoms with van der Waals surface area (Å²) in [5.41, 5.74) is 0.800. The van der Waals surface area contributed by atoms with Crippen LogP contribution in [0.4, 0.5) is 10.5 Å². The van der Waals surface area contributed by atoms with E-state index in [-0.39, 0.29) is 24.6 Å². The van der Waals surface area contributed by atoms with Crippen LogP contribution in [0.3, 0.4) is 0 Å². The van der Waals surface area contributed by atoms with Crippen molar-refractivity contribution in [2.75, 3.05) is 44.3 Å². The van der Waals surface area contributed by atoms with Gasteiger partial charge in [0, 0.05) is 30.1 Å². The van der Waals surface area contributed by atoms with Crippen LogP contribution in [-0.4, -0.2) is 62.3 Å². The summed E-state index contributed by atoms with van der Waals surface area (Å²) < 4.78 is 11.4. The van der Waals surface area contributed by atoms with Gasteiger partial charge in [0.15, 0.2) is 6.61 Å². The molecule has 2 amide bonds. The number of anilines is 1. The molecule has 1 fully saturated rings. The fourth-order valence-corrected chi connectivity index (χ4v) is 3.73. The van der Waals surface area contributed by atoms with E-state index in [0.717, 1.165) is 48.4 Å². The Morgan fingerprint density at radius 3 is 3.08 bits per heavy atom. The fourth-order valence-electron chi connectivity index (χ4n) is 3.38. The molecule has 0 saturated carbocycles. The van der Waals surface area contributed by atoms with E-state index in [4.69, 9.17) is 9.47 Å². The molecular formula is C18H24BrN3O4. The average molecular weight is 426 g/mol. The maximum absolute atomic E-state index is 12.3. The van der Waals surface area contributed by atoms with Gasteiger partial charge in [-0.3, -0.25) is 9.69 Å². The number of nitrogens with one attached hydrogen (secondary N) is 1. The number of fused-ring (bicyclic) bond motifs is 1. The fraction of sp³-hybridized carbons (Fsp3) is 0.556. The lowest BCUT2D eigenvalue weighted by molar-refractivity contribution is -0.121. The maximum atomic E-state index is 12.3. The van der Waals surface area contributed by atoms with Crippen molar-refractivity contribution in [1.29, 1.82) is 0 Å². The number of rotatable bonds is 5. The molecule has 0 bridgehead atoms. The molecular weight excluding hydrogens is 402 g/mol. The van der Waals surface area contributed by atoms with Gasteiger partial charge >= 0.3 is 6.09 Å². The van der Waals surface area contributed by atoms with Crippen molar-refractivity contribution in [3.05, 3.63) is 22.7 Å². The zero-order chi connectivity index (χ0) is 18.5. The molecule has 1 saturated heterocycles. The number of likely N-dealkylation sites (tertiary alicyclic amines) is 1. The van der Waals surface area contributed by atoms with E-state index in [1.165, 1.54) is 0 Å². The molecule has 1 aromatic carbocycles. The molecule has 3 rings (SSSR count). The molecule has 1 atom stereocenters. The summed E-state index contributed by atoms with van der Waals surface area (Å²) in [7, 11) is 0. The minimum atomic E-state index is -0.360. The molecule has 7 nitrogen and oxygen atoms in total. The van der Waals surface area contributed by atoms with Gasteiger partial charge in [-0.05, 0) is 44.5 Å². The molecule has 2 aliphatic heterocycles. The number of hydrogen-bond acceptors (Lipinski definition) is 5. The van der Waals surface area contributed by atoms with Crippen LogP contribution in [0.2, 0.25) is 0 Å². The predicted octanol–water partition coefficient (Wildman–Crippen LogP) is 2.39. The number of alkyl carbamates (subject to hydrolysis) is 1. The summed E-state index contributed by atoms with van der Waals surface area (Å²) in [4.78, 5) is 28.0. The van der Waals surface area contributed by atoms with Crippen molar-refractivity contribution >= 4 is 33.6 Å². The summed E-state index contributed by atoms with van der Waals surface area (Å²) in [5, 5.41) is 2.91. The topological polar surface area (TPSA) is 71.1 Å². The van der Waals surface area contributed by atoms with Gasteiger partial charge in [-0.1, -0.05) is 15.9 Å². The number of amides is 2. The van der Waals surface area contributed by atoms with Gasteiger partial charge in [-0.2, -0.15) is 0 Å². The highest BCUT2D eigenvalue weighted by Crippen LogP contribution is 2.34. The molecule has 1 N–H and O–H groups in total. The number of ether oxygens (including phenoxy) is 2. The molecule has 0 spiro atoms. The van der Waals surface area contributed by atoms with Crippen LogP contribution in [0.5, 0.6) is 5.75 Å². The summed E-state index contributed by atoms with van der Waals surface area (Å²) in [6, 6.07) is 5.78. The Morgan fingerprint density at radius 2 is 2.27 bits per heavy atom. The van der Waals surface area contributed by atoms with E-state index in [2.05, 4.69) is 26.1 Å². The first-order valence-electron chi connectivity index (χ1n) is 8.95. The van der Waals surface area contributed by atoms with Gasteiger partial charge in [0.2, 0.25) is 0 Å². The third-order valence-electron chi connectivity index (χ3n) is 4.61. The second kappa shape index (κ2) is 8.73. The highest BCUT2D eigenvalue weighted by molar-refractivity contribution is 9.10. The Labute approximate surface area is 161 Å². The normalized spacial score (nSPS) is 20.3. The average Bonchev–Trinajstić information content (AvgIpc) is 2.61. The highest BCUT2D eigenvalue weighted by Gasteiger charge is 2.27. The lowest BCUT2D eigenvalue weighted by Crippen LogP contribution is -2.50. The first-order chi connectivity index (χ1) is 12.6. The van der Waals surface area contributed by atoms with E-state index in [1.54, 1.807) is 11.8 Å². The van der Waals surface area contributed by atoms with Crippen LogP contribution < -0.4 is 15.0 Å². The van der Waals surface area contributed by atoms with E-state index >= 15 is 0 Å². The highest BCUT2D eigenvalue weighted by atomic mass is 79.9. The Morgan fingerprint density at radius 1 is 1.42 bits per heavy atom. The number of benzene rings is 1. The van der Waals surface area contributed by atoms with Crippen LogP contribution in [0, 0.1) is 0 Å². The number of hydrogen-bond donors (Lipinski definition) is 1. The van der Waals surface area contributed by atoms with E-state index < -0.39 is 0 Å². The monoisotopic (exact) mass is 425 g/mol. The van der Waals surface area contributed by atoms with Gasteiger partial charge in [0.1, 0.15) is 5.75 Å². The smallest absolute Gasteiger partial charge is 0.407 e. The van der Waals surface area contributed by atoms with Gasteiger partial charge in [-0.15, -0.1) is 0 Å². The van der Waals surface area contributed by atoms with E-state index in [0.29, 0.717) is 13.2 Å². The number of piperidine rings is 1. The zero-order valence-corrected chi connectivity index (χ0v) is 16.5. The SMILES string of the molecule is CCOC(=O)NC1CCCN(CCN2C(=O)COc3ccc(Br)cc32)C1. The summed E-state index contributed by atoms with van der Waals surface area (Å²) in [5.74, 6) is 0.696. The molecule has 8 heteroatoms. The zero-order valence-electron chi connectivity index (χ0n) is 14.9. The van der Waals surface area contributed by atoms with E-state index in [9.17, 15) is 9.59 Å². The van der Waals surface area contributed by atoms with Gasteiger partial charge < -0.3 is 19.7 Å². The maximum Gasteiger partial charge on any atom is 0.407 e. The minimum absolute atomic E-state index is 0.0335. The summed E-state index contributed by atoms with van der Waals surface area (Å²) in [6.07, 6.45) is 1.60. The summed E-state index contributed by atoms with van der Waals surface area (Å²) >= 11 is 3.45. The first-order valence-corrected chi connectivity index (χ1v) is 9.74. The second-order valence-corrected chi connectivity index (χ2v) is 7.37. The van der Waals surface area contributed by atoms with Gasteiger partial charge in [0.25, 0.3) is 5.91 Å². The molecule has 26 heavy (non-hydrogen) atoms. The van der Waals surface area contributed by atoms with Crippen molar-refractivity contribution in [3.63, 3.8) is 0 Å². The molecule has 142 valence electrons. The standard InChI is InChI=1S/C18H24BrN3O4/c1-2-25-18(24)20-14-4-3-7-21(11-14)8-9-22-15-10-13(19)5-6-16(15)26-12-17(22)23/h5-6,10,14H,2-4,7-9,11-12H2,1H3,(H,20,24). The first kappa shape index (κ1) is 19.0.